The largest absolute Gasteiger partial charge is 0.495 e. The van der Waals surface area contributed by atoms with Crippen molar-refractivity contribution in [3.8, 4) is 17.0 Å². The van der Waals surface area contributed by atoms with Crippen LogP contribution in [0.5, 0.6) is 5.75 Å². The molecule has 0 aliphatic heterocycles. The number of sulfonamides is 1. The van der Waals surface area contributed by atoms with Crippen molar-refractivity contribution in [2.24, 2.45) is 0 Å². The average molecular weight is 474 g/mol. The summed E-state index contributed by atoms with van der Waals surface area (Å²) in [7, 11) is -2.49. The molecule has 7 nitrogen and oxygen atoms in total. The van der Waals surface area contributed by atoms with Gasteiger partial charge in [0.2, 0.25) is 0 Å². The number of methoxy groups -OCH3 is 1. The van der Waals surface area contributed by atoms with Crippen LogP contribution < -0.4 is 15.0 Å². The van der Waals surface area contributed by atoms with Crippen LogP contribution in [0.2, 0.25) is 5.02 Å². The molecule has 0 bridgehead atoms. The minimum absolute atomic E-state index is 0.150. The quantitative estimate of drug-likeness (QED) is 0.554. The van der Waals surface area contributed by atoms with E-state index in [4.69, 9.17) is 16.3 Å². The summed E-state index contributed by atoms with van der Waals surface area (Å²) < 4.78 is 34.7. The molecule has 3 aromatic rings. The molecular formula is C23H24ClN3O4S. The second kappa shape index (κ2) is 8.96. The number of benzene rings is 2. The number of anilines is 1. The van der Waals surface area contributed by atoms with Crippen molar-refractivity contribution in [2.45, 2.75) is 43.9 Å². The predicted molar refractivity (Wildman–Crippen MR) is 125 cm³/mol. The lowest BCUT2D eigenvalue weighted by Gasteiger charge is -2.19. The number of rotatable bonds is 6. The Hall–Kier alpha value is -2.84. The number of halogens is 1. The van der Waals surface area contributed by atoms with Gasteiger partial charge < -0.3 is 4.74 Å². The number of fused-ring (bicyclic) bond motifs is 1. The molecule has 0 atom stereocenters. The normalized spacial score (nSPS) is 13.5. The first kappa shape index (κ1) is 22.4. The summed E-state index contributed by atoms with van der Waals surface area (Å²) in [5.74, 6) is 0.364. The van der Waals surface area contributed by atoms with Gasteiger partial charge in [0.05, 0.1) is 23.4 Å². The van der Waals surface area contributed by atoms with E-state index in [0.717, 1.165) is 30.4 Å². The van der Waals surface area contributed by atoms with Gasteiger partial charge in [-0.25, -0.2) is 13.5 Å². The van der Waals surface area contributed by atoms with Crippen LogP contribution in [0.15, 0.2) is 46.1 Å². The van der Waals surface area contributed by atoms with Crippen molar-refractivity contribution in [3.63, 3.8) is 0 Å². The molecule has 0 saturated carbocycles. The highest BCUT2D eigenvalue weighted by molar-refractivity contribution is 7.92. The molecular weight excluding hydrogens is 450 g/mol. The average Bonchev–Trinajstić information content (AvgIpc) is 2.79. The van der Waals surface area contributed by atoms with E-state index in [1.54, 1.807) is 24.3 Å². The highest BCUT2D eigenvalue weighted by Crippen LogP contribution is 2.33. The van der Waals surface area contributed by atoms with Crippen LogP contribution in [0, 0.1) is 0 Å². The number of hydrogen-bond donors (Lipinski definition) is 2. The summed E-state index contributed by atoms with van der Waals surface area (Å²) in [6.45, 7) is 1.90. The van der Waals surface area contributed by atoms with Gasteiger partial charge in [-0.1, -0.05) is 30.7 Å². The van der Waals surface area contributed by atoms with Gasteiger partial charge in [-0.05, 0) is 67.5 Å². The summed E-state index contributed by atoms with van der Waals surface area (Å²) in [5.41, 5.74) is 3.67. The van der Waals surface area contributed by atoms with Crippen LogP contribution in [0.25, 0.3) is 11.3 Å². The molecule has 2 N–H and O–H groups in total. The highest BCUT2D eigenvalue weighted by Gasteiger charge is 2.24. The number of nitrogens with one attached hydrogen (secondary N) is 2. The van der Waals surface area contributed by atoms with Crippen LogP contribution >= 0.6 is 11.6 Å². The van der Waals surface area contributed by atoms with Crippen LogP contribution in [-0.2, 0) is 29.3 Å². The van der Waals surface area contributed by atoms with Crippen LogP contribution in [0.1, 0.15) is 36.5 Å². The van der Waals surface area contributed by atoms with E-state index in [2.05, 4.69) is 14.9 Å². The summed E-state index contributed by atoms with van der Waals surface area (Å²) in [4.78, 5) is 12.4. The number of aromatic nitrogens is 2. The fourth-order valence-electron chi connectivity index (χ4n) is 4.10. The van der Waals surface area contributed by atoms with Crippen molar-refractivity contribution >= 4 is 27.3 Å². The standard InChI is InChI=1S/C23H24ClN3O4S/c1-3-14-8-9-15(22-17-6-4-5-7-18(17)23(28)26-25-22)12-21(14)32(29,30)27-19-13-16(24)10-11-20(19)31-2/h8-13,27H,3-7H2,1-2H3,(H,26,28). The fraction of sp³-hybridized carbons (Fsp3) is 0.304. The highest BCUT2D eigenvalue weighted by atomic mass is 35.5. The summed E-state index contributed by atoms with van der Waals surface area (Å²) in [6, 6.07) is 10.0. The molecule has 32 heavy (non-hydrogen) atoms. The lowest BCUT2D eigenvalue weighted by Crippen LogP contribution is -2.21. The molecule has 0 saturated heterocycles. The third-order valence-corrected chi connectivity index (χ3v) is 7.40. The first-order valence-electron chi connectivity index (χ1n) is 10.4. The van der Waals surface area contributed by atoms with Crippen LogP contribution in [0.4, 0.5) is 5.69 Å². The van der Waals surface area contributed by atoms with Crippen molar-refractivity contribution in [3.05, 3.63) is 68.5 Å². The molecule has 1 aromatic heterocycles. The van der Waals surface area contributed by atoms with E-state index in [-0.39, 0.29) is 16.1 Å². The number of aromatic amines is 1. The lowest BCUT2D eigenvalue weighted by atomic mass is 9.89. The molecule has 0 fully saturated rings. The molecule has 0 amide bonds. The van der Waals surface area contributed by atoms with E-state index >= 15 is 0 Å². The molecule has 168 valence electrons. The van der Waals surface area contributed by atoms with Gasteiger partial charge in [0.25, 0.3) is 15.6 Å². The second-order valence-electron chi connectivity index (χ2n) is 7.69. The molecule has 0 unspecified atom stereocenters. The summed E-state index contributed by atoms with van der Waals surface area (Å²) >= 11 is 6.07. The molecule has 2 aromatic carbocycles. The number of nitrogens with zero attached hydrogens (tertiary/aromatic N) is 1. The molecule has 1 heterocycles. The minimum atomic E-state index is -3.95. The minimum Gasteiger partial charge on any atom is -0.495 e. The number of ether oxygens (including phenoxy) is 1. The molecule has 1 aliphatic rings. The Morgan fingerprint density at radius 3 is 2.59 bits per heavy atom. The Morgan fingerprint density at radius 2 is 1.88 bits per heavy atom. The van der Waals surface area contributed by atoms with Gasteiger partial charge in [-0.3, -0.25) is 9.52 Å². The SMILES string of the molecule is CCc1ccc(-c2n[nH]c(=O)c3c2CCCC3)cc1S(=O)(=O)Nc1cc(Cl)ccc1OC. The maximum atomic E-state index is 13.4. The fourth-order valence-corrected chi connectivity index (χ4v) is 5.67. The number of H-pyrrole nitrogens is 1. The molecule has 0 spiro atoms. The van der Waals surface area contributed by atoms with Gasteiger partial charge in [-0.2, -0.15) is 5.10 Å². The van der Waals surface area contributed by atoms with Crippen LogP contribution in [0.3, 0.4) is 0 Å². The van der Waals surface area contributed by atoms with E-state index in [1.807, 2.05) is 13.0 Å². The Balaban J connectivity index is 1.82. The maximum Gasteiger partial charge on any atom is 0.267 e. The maximum absolute atomic E-state index is 13.4. The molecule has 1 aliphatic carbocycles. The van der Waals surface area contributed by atoms with E-state index in [1.165, 1.54) is 13.2 Å². The Bertz CT molecular complexity index is 1340. The van der Waals surface area contributed by atoms with Crippen molar-refractivity contribution in [1.29, 1.82) is 0 Å². The monoisotopic (exact) mass is 473 g/mol. The summed E-state index contributed by atoms with van der Waals surface area (Å²) in [5, 5.41) is 7.23. The van der Waals surface area contributed by atoms with Gasteiger partial charge in [0, 0.05) is 16.1 Å². The second-order valence-corrected chi connectivity index (χ2v) is 9.78. The number of hydrogen-bond acceptors (Lipinski definition) is 5. The zero-order valence-electron chi connectivity index (χ0n) is 17.9. The third kappa shape index (κ3) is 4.25. The van der Waals surface area contributed by atoms with Gasteiger partial charge in [-0.15, -0.1) is 0 Å². The zero-order chi connectivity index (χ0) is 22.9. The Labute approximate surface area is 191 Å². The topological polar surface area (TPSA) is 101 Å². The van der Waals surface area contributed by atoms with Gasteiger partial charge in [0.1, 0.15) is 5.75 Å². The van der Waals surface area contributed by atoms with Crippen molar-refractivity contribution in [2.75, 3.05) is 11.8 Å². The number of aryl methyl sites for hydroxylation is 1. The molecule has 0 radical (unpaired) electrons. The van der Waals surface area contributed by atoms with Gasteiger partial charge in [0.15, 0.2) is 0 Å². The lowest BCUT2D eigenvalue weighted by molar-refractivity contribution is 0.417. The predicted octanol–water partition coefficient (Wildman–Crippen LogP) is 4.34. The van der Waals surface area contributed by atoms with Crippen molar-refractivity contribution in [1.82, 2.24) is 10.2 Å². The van der Waals surface area contributed by atoms with Gasteiger partial charge >= 0.3 is 0 Å². The first-order chi connectivity index (χ1) is 15.3. The Morgan fingerprint density at radius 1 is 1.12 bits per heavy atom. The summed E-state index contributed by atoms with van der Waals surface area (Å²) in [6.07, 6.45) is 3.91. The zero-order valence-corrected chi connectivity index (χ0v) is 19.4. The smallest absolute Gasteiger partial charge is 0.267 e. The molecule has 9 heteroatoms. The van der Waals surface area contributed by atoms with Crippen molar-refractivity contribution < 1.29 is 13.2 Å². The van der Waals surface area contributed by atoms with E-state index in [9.17, 15) is 13.2 Å². The van der Waals surface area contributed by atoms with Crippen LogP contribution in [-0.4, -0.2) is 25.7 Å². The van der Waals surface area contributed by atoms with E-state index < -0.39 is 10.0 Å². The molecule has 4 rings (SSSR count). The Kier molecular flexibility index (Phi) is 6.26. The third-order valence-electron chi connectivity index (χ3n) is 5.71. The first-order valence-corrected chi connectivity index (χ1v) is 12.3. The van der Waals surface area contributed by atoms with E-state index in [0.29, 0.717) is 40.4 Å².